The molecule has 1 saturated carbocycles. The molecule has 0 N–H and O–H groups in total. The summed E-state index contributed by atoms with van der Waals surface area (Å²) in [5, 5.41) is 1.18. The van der Waals surface area contributed by atoms with Crippen LogP contribution >= 0.6 is 0 Å². The second kappa shape index (κ2) is 9.43. The van der Waals surface area contributed by atoms with Gasteiger partial charge in [-0.25, -0.2) is 9.78 Å². The van der Waals surface area contributed by atoms with E-state index in [1.54, 1.807) is 24.4 Å². The van der Waals surface area contributed by atoms with E-state index in [4.69, 9.17) is 13.9 Å². The van der Waals surface area contributed by atoms with Crippen LogP contribution in [0.3, 0.4) is 0 Å². The van der Waals surface area contributed by atoms with Crippen LogP contribution in [0.15, 0.2) is 63.9 Å². The first-order valence-electron chi connectivity index (χ1n) is 12.4. The molecule has 35 heavy (non-hydrogen) atoms. The standard InChI is InChI=1S/C27H29N3O5/c31-26(23-15-18-5-1-2-6-20(18)27(32)35-23)30-17-24(34-25-7-3-4-10-28-25)21-16-19(30)8-9-22(21)29-11-13-33-14-12-29/h1-7,10,15,19,21-22,24H,8-9,11-14,16-17H2/t19-,21-,22+,24-/m0/s1. The van der Waals surface area contributed by atoms with Gasteiger partial charge >= 0.3 is 5.63 Å². The number of carbonyl (C=O) groups excluding carboxylic acids is 1. The Morgan fingerprint density at radius 1 is 1.06 bits per heavy atom. The number of rotatable bonds is 4. The minimum atomic E-state index is -0.487. The molecule has 0 spiro atoms. The number of aromatic nitrogens is 1. The lowest BCUT2D eigenvalue weighted by molar-refractivity contribution is -0.0747. The zero-order valence-electron chi connectivity index (χ0n) is 19.5. The summed E-state index contributed by atoms with van der Waals surface area (Å²) >= 11 is 0. The molecule has 3 aliphatic rings. The number of carbonyl (C=O) groups is 1. The Labute approximate surface area is 203 Å². The molecule has 2 saturated heterocycles. The van der Waals surface area contributed by atoms with Crippen molar-refractivity contribution in [2.75, 3.05) is 32.8 Å². The van der Waals surface area contributed by atoms with E-state index >= 15 is 0 Å². The predicted octanol–water partition coefficient (Wildman–Crippen LogP) is 2.96. The molecule has 1 aliphatic carbocycles. The van der Waals surface area contributed by atoms with Gasteiger partial charge in [0.1, 0.15) is 6.10 Å². The molecule has 4 atom stereocenters. The van der Waals surface area contributed by atoms with Crippen molar-refractivity contribution in [3.05, 3.63) is 70.9 Å². The predicted molar refractivity (Wildman–Crippen MR) is 129 cm³/mol. The maximum absolute atomic E-state index is 13.7. The molecule has 8 heteroatoms. The lowest BCUT2D eigenvalue weighted by Crippen LogP contribution is -2.63. The zero-order valence-corrected chi connectivity index (χ0v) is 19.5. The first-order chi connectivity index (χ1) is 17.2. The second-order valence-electron chi connectivity index (χ2n) is 9.61. The number of nitrogens with zero attached hydrogens (tertiary/aromatic N) is 3. The Morgan fingerprint density at radius 2 is 1.89 bits per heavy atom. The largest absolute Gasteiger partial charge is 0.472 e. The molecule has 2 aliphatic heterocycles. The molecule has 2 aromatic heterocycles. The molecule has 4 heterocycles. The molecular formula is C27H29N3O5. The molecule has 8 nitrogen and oxygen atoms in total. The highest BCUT2D eigenvalue weighted by molar-refractivity contribution is 5.95. The fraction of sp³-hybridized carbons (Fsp3) is 0.444. The first-order valence-corrected chi connectivity index (χ1v) is 12.4. The summed E-state index contributed by atoms with van der Waals surface area (Å²) in [6, 6.07) is 15.0. The molecular weight excluding hydrogens is 446 g/mol. The number of amides is 1. The number of piperidine rings is 1. The van der Waals surface area contributed by atoms with Gasteiger partial charge in [0, 0.05) is 43.4 Å². The molecule has 3 aromatic rings. The Hall–Kier alpha value is -3.23. The summed E-state index contributed by atoms with van der Waals surface area (Å²) in [4.78, 5) is 35.0. The van der Waals surface area contributed by atoms with E-state index in [-0.39, 0.29) is 29.7 Å². The molecule has 6 rings (SSSR count). The summed E-state index contributed by atoms with van der Waals surface area (Å²) in [6.45, 7) is 3.79. The van der Waals surface area contributed by atoms with Crippen molar-refractivity contribution in [2.24, 2.45) is 5.92 Å². The zero-order chi connectivity index (χ0) is 23.8. The van der Waals surface area contributed by atoms with Crippen LogP contribution in [0.1, 0.15) is 29.8 Å². The van der Waals surface area contributed by atoms with Crippen molar-refractivity contribution in [3.63, 3.8) is 0 Å². The number of likely N-dealkylation sites (tertiary alicyclic amines) is 1. The Kier molecular flexibility index (Phi) is 6.00. The van der Waals surface area contributed by atoms with Crippen molar-refractivity contribution in [1.82, 2.24) is 14.8 Å². The third-order valence-corrected chi connectivity index (χ3v) is 7.70. The Bertz CT molecular complexity index is 1260. The molecule has 182 valence electrons. The van der Waals surface area contributed by atoms with Gasteiger partial charge in [0.15, 0.2) is 5.76 Å². The van der Waals surface area contributed by atoms with Gasteiger partial charge in [0.05, 0.1) is 25.1 Å². The smallest absolute Gasteiger partial charge is 0.344 e. The van der Waals surface area contributed by atoms with Crippen LogP contribution in [0.5, 0.6) is 5.88 Å². The van der Waals surface area contributed by atoms with E-state index in [0.29, 0.717) is 29.2 Å². The maximum atomic E-state index is 13.7. The molecule has 1 amide bonds. The summed E-state index contributed by atoms with van der Waals surface area (Å²) in [5.74, 6) is 0.670. The van der Waals surface area contributed by atoms with Crippen LogP contribution in [0.4, 0.5) is 0 Å². The fourth-order valence-corrected chi connectivity index (χ4v) is 6.02. The molecule has 0 radical (unpaired) electrons. The number of morpholine rings is 1. The van der Waals surface area contributed by atoms with Gasteiger partial charge in [-0.15, -0.1) is 0 Å². The number of fused-ring (bicyclic) bond motifs is 3. The summed E-state index contributed by atoms with van der Waals surface area (Å²) in [6.07, 6.45) is 4.27. The van der Waals surface area contributed by atoms with E-state index in [1.807, 2.05) is 35.2 Å². The van der Waals surface area contributed by atoms with E-state index in [2.05, 4.69) is 9.88 Å². The van der Waals surface area contributed by atoms with E-state index < -0.39 is 5.63 Å². The number of pyridine rings is 1. The Balaban J connectivity index is 1.30. The van der Waals surface area contributed by atoms with Crippen molar-refractivity contribution >= 4 is 16.7 Å². The SMILES string of the molecule is O=C(c1cc2ccccc2c(=O)o1)N1C[C@H](Oc2ccccn2)[C@H]2C[C@@H]1CC[C@H]2N1CCOCC1. The number of ether oxygens (including phenoxy) is 2. The summed E-state index contributed by atoms with van der Waals surface area (Å²) in [5.41, 5.74) is -0.487. The van der Waals surface area contributed by atoms with Crippen LogP contribution in [-0.4, -0.2) is 71.7 Å². The van der Waals surface area contributed by atoms with Crippen molar-refractivity contribution < 1.29 is 18.7 Å². The third-order valence-electron chi connectivity index (χ3n) is 7.70. The fourth-order valence-electron chi connectivity index (χ4n) is 6.02. The monoisotopic (exact) mass is 475 g/mol. The van der Waals surface area contributed by atoms with Gasteiger partial charge in [-0.05, 0) is 42.8 Å². The van der Waals surface area contributed by atoms with Crippen LogP contribution < -0.4 is 10.4 Å². The molecule has 0 unspecified atom stereocenters. The molecule has 3 fully saturated rings. The van der Waals surface area contributed by atoms with E-state index in [9.17, 15) is 9.59 Å². The van der Waals surface area contributed by atoms with Gasteiger partial charge in [-0.3, -0.25) is 9.69 Å². The number of hydrogen-bond acceptors (Lipinski definition) is 7. The lowest BCUT2D eigenvalue weighted by Gasteiger charge is -2.52. The van der Waals surface area contributed by atoms with Crippen molar-refractivity contribution in [1.29, 1.82) is 0 Å². The van der Waals surface area contributed by atoms with Crippen LogP contribution in [-0.2, 0) is 4.74 Å². The quantitative estimate of drug-likeness (QED) is 0.574. The number of hydrogen-bond donors (Lipinski definition) is 0. The van der Waals surface area contributed by atoms with Gasteiger partial charge < -0.3 is 18.8 Å². The summed E-state index contributed by atoms with van der Waals surface area (Å²) < 4.78 is 17.5. The lowest BCUT2D eigenvalue weighted by atomic mass is 9.73. The van der Waals surface area contributed by atoms with Gasteiger partial charge in [-0.1, -0.05) is 24.3 Å². The normalized spacial score (nSPS) is 27.0. The van der Waals surface area contributed by atoms with Crippen molar-refractivity contribution in [2.45, 2.75) is 37.5 Å². The average molecular weight is 476 g/mol. The first kappa shape index (κ1) is 22.2. The van der Waals surface area contributed by atoms with Gasteiger partial charge in [-0.2, -0.15) is 0 Å². The van der Waals surface area contributed by atoms with E-state index in [1.165, 1.54) is 0 Å². The summed E-state index contributed by atoms with van der Waals surface area (Å²) in [7, 11) is 0. The van der Waals surface area contributed by atoms with Crippen LogP contribution in [0.2, 0.25) is 0 Å². The molecule has 1 aromatic carbocycles. The van der Waals surface area contributed by atoms with Gasteiger partial charge in [0.2, 0.25) is 5.88 Å². The minimum Gasteiger partial charge on any atom is -0.472 e. The second-order valence-corrected chi connectivity index (χ2v) is 9.61. The highest BCUT2D eigenvalue weighted by Gasteiger charge is 2.48. The Morgan fingerprint density at radius 3 is 2.71 bits per heavy atom. The molecule has 2 bridgehead atoms. The van der Waals surface area contributed by atoms with Crippen LogP contribution in [0.25, 0.3) is 10.8 Å². The highest BCUT2D eigenvalue weighted by atomic mass is 16.5. The van der Waals surface area contributed by atoms with Gasteiger partial charge in [0.25, 0.3) is 5.91 Å². The highest BCUT2D eigenvalue weighted by Crippen LogP contribution is 2.40. The topological polar surface area (TPSA) is 85.1 Å². The minimum absolute atomic E-state index is 0.0824. The number of benzene rings is 1. The van der Waals surface area contributed by atoms with Crippen molar-refractivity contribution in [3.8, 4) is 5.88 Å². The average Bonchev–Trinajstić information content (AvgIpc) is 2.91. The van der Waals surface area contributed by atoms with Crippen LogP contribution in [0, 0.1) is 5.92 Å². The maximum Gasteiger partial charge on any atom is 0.344 e. The third kappa shape index (κ3) is 4.32. The van der Waals surface area contributed by atoms with E-state index in [0.717, 1.165) is 45.6 Å².